The van der Waals surface area contributed by atoms with Crippen LogP contribution in [0.3, 0.4) is 0 Å². The number of piperidine rings is 1. The van der Waals surface area contributed by atoms with Gasteiger partial charge in [0.05, 0.1) is 0 Å². The van der Waals surface area contributed by atoms with Crippen molar-refractivity contribution in [2.24, 2.45) is 0 Å². The van der Waals surface area contributed by atoms with Crippen LogP contribution in [0, 0.1) is 0 Å². The molecule has 2 nitrogen and oxygen atoms in total. The largest absolute Gasteiger partial charge is 0.318 e. The number of nitrogens with zero attached hydrogens (tertiary/aromatic N) is 1. The molecule has 2 heteroatoms. The molecule has 1 N–H and O–H groups in total. The van der Waals surface area contributed by atoms with Crippen LogP contribution in [0.1, 0.15) is 46.0 Å². The van der Waals surface area contributed by atoms with E-state index >= 15 is 0 Å². The molecule has 0 saturated carbocycles. The van der Waals surface area contributed by atoms with Crippen LogP contribution in [-0.4, -0.2) is 36.1 Å². The van der Waals surface area contributed by atoms with Crippen molar-refractivity contribution in [1.29, 1.82) is 0 Å². The van der Waals surface area contributed by atoms with Gasteiger partial charge in [0.25, 0.3) is 0 Å². The van der Waals surface area contributed by atoms with Gasteiger partial charge >= 0.3 is 0 Å². The van der Waals surface area contributed by atoms with E-state index in [1.807, 2.05) is 0 Å². The lowest BCUT2D eigenvalue weighted by Gasteiger charge is -2.46. The standard InChI is InChI=1S/C12H24N2/c1-12(2,9-13-3)14-10-5-4-6-11(14)8-7-10/h10-11,13H,4-9H2,1-3H3. The average molecular weight is 196 g/mol. The molecule has 14 heavy (non-hydrogen) atoms. The van der Waals surface area contributed by atoms with Gasteiger partial charge in [0.1, 0.15) is 0 Å². The molecule has 0 radical (unpaired) electrons. The number of rotatable bonds is 3. The van der Waals surface area contributed by atoms with Crippen molar-refractivity contribution in [3.8, 4) is 0 Å². The van der Waals surface area contributed by atoms with Gasteiger partial charge in [-0.1, -0.05) is 6.42 Å². The van der Waals surface area contributed by atoms with Gasteiger partial charge in [-0.25, -0.2) is 0 Å². The Morgan fingerprint density at radius 1 is 1.14 bits per heavy atom. The molecule has 0 aliphatic carbocycles. The van der Waals surface area contributed by atoms with Gasteiger partial charge in [0, 0.05) is 24.2 Å². The lowest BCUT2D eigenvalue weighted by atomic mass is 9.93. The summed E-state index contributed by atoms with van der Waals surface area (Å²) in [7, 11) is 2.06. The summed E-state index contributed by atoms with van der Waals surface area (Å²) in [6.07, 6.45) is 7.21. The molecule has 2 saturated heterocycles. The van der Waals surface area contributed by atoms with E-state index in [2.05, 4.69) is 31.1 Å². The molecule has 2 heterocycles. The predicted octanol–water partition coefficient (Wildman–Crippen LogP) is 2.00. The van der Waals surface area contributed by atoms with Crippen molar-refractivity contribution in [2.45, 2.75) is 63.6 Å². The van der Waals surface area contributed by atoms with E-state index in [-0.39, 0.29) is 0 Å². The monoisotopic (exact) mass is 196 g/mol. The second-order valence-electron chi connectivity index (χ2n) is 5.57. The van der Waals surface area contributed by atoms with Crippen LogP contribution < -0.4 is 5.32 Å². The highest BCUT2D eigenvalue weighted by molar-refractivity contribution is 4.99. The number of likely N-dealkylation sites (N-methyl/N-ethyl adjacent to an activating group) is 1. The molecule has 0 aromatic heterocycles. The number of nitrogens with one attached hydrogen (secondary N) is 1. The molecular formula is C12H24N2. The lowest BCUT2D eigenvalue weighted by Crippen LogP contribution is -2.56. The molecule has 2 bridgehead atoms. The summed E-state index contributed by atoms with van der Waals surface area (Å²) in [5.74, 6) is 0. The minimum Gasteiger partial charge on any atom is -0.318 e. The fraction of sp³-hybridized carbons (Fsp3) is 1.00. The smallest absolute Gasteiger partial charge is 0.0283 e. The first-order valence-electron chi connectivity index (χ1n) is 6.08. The summed E-state index contributed by atoms with van der Waals surface area (Å²) >= 11 is 0. The molecule has 2 unspecified atom stereocenters. The first-order chi connectivity index (χ1) is 6.65. The number of hydrogen-bond donors (Lipinski definition) is 1. The van der Waals surface area contributed by atoms with E-state index in [1.165, 1.54) is 32.1 Å². The maximum atomic E-state index is 3.33. The second kappa shape index (κ2) is 3.82. The van der Waals surface area contributed by atoms with Crippen molar-refractivity contribution in [2.75, 3.05) is 13.6 Å². The number of hydrogen-bond acceptors (Lipinski definition) is 2. The first kappa shape index (κ1) is 10.4. The van der Waals surface area contributed by atoms with Gasteiger partial charge in [0.15, 0.2) is 0 Å². The third-order valence-electron chi connectivity index (χ3n) is 4.00. The third kappa shape index (κ3) is 1.70. The van der Waals surface area contributed by atoms with Crippen molar-refractivity contribution < 1.29 is 0 Å². The Balaban J connectivity index is 2.09. The van der Waals surface area contributed by atoms with Crippen LogP contribution in [0.5, 0.6) is 0 Å². The van der Waals surface area contributed by atoms with Crippen molar-refractivity contribution in [3.05, 3.63) is 0 Å². The molecule has 2 atom stereocenters. The number of fused-ring (bicyclic) bond motifs is 2. The quantitative estimate of drug-likeness (QED) is 0.743. The Labute approximate surface area is 88.1 Å². The zero-order valence-corrected chi connectivity index (χ0v) is 9.84. The molecule has 0 aromatic rings. The molecule has 2 aliphatic rings. The lowest BCUT2D eigenvalue weighted by molar-refractivity contribution is 0.0336. The highest BCUT2D eigenvalue weighted by atomic mass is 15.3. The van der Waals surface area contributed by atoms with Gasteiger partial charge in [-0.3, -0.25) is 4.90 Å². The zero-order valence-electron chi connectivity index (χ0n) is 9.84. The van der Waals surface area contributed by atoms with Crippen LogP contribution in [0.2, 0.25) is 0 Å². The minimum absolute atomic E-state index is 0.348. The fourth-order valence-corrected chi connectivity index (χ4v) is 3.63. The van der Waals surface area contributed by atoms with Gasteiger partial charge in [-0.05, 0) is 46.6 Å². The van der Waals surface area contributed by atoms with Gasteiger partial charge in [-0.2, -0.15) is 0 Å². The summed E-state index contributed by atoms with van der Waals surface area (Å²) in [4.78, 5) is 2.80. The summed E-state index contributed by atoms with van der Waals surface area (Å²) in [5.41, 5.74) is 0.348. The predicted molar refractivity (Wildman–Crippen MR) is 60.5 cm³/mol. The highest BCUT2D eigenvalue weighted by Gasteiger charge is 2.43. The fourth-order valence-electron chi connectivity index (χ4n) is 3.63. The Morgan fingerprint density at radius 3 is 2.21 bits per heavy atom. The minimum atomic E-state index is 0.348. The van der Waals surface area contributed by atoms with Crippen LogP contribution in [0.25, 0.3) is 0 Å². The van der Waals surface area contributed by atoms with E-state index in [9.17, 15) is 0 Å². The summed E-state index contributed by atoms with van der Waals surface area (Å²) < 4.78 is 0. The van der Waals surface area contributed by atoms with Crippen molar-refractivity contribution in [3.63, 3.8) is 0 Å². The second-order valence-corrected chi connectivity index (χ2v) is 5.57. The van der Waals surface area contributed by atoms with Crippen LogP contribution in [0.15, 0.2) is 0 Å². The highest BCUT2D eigenvalue weighted by Crippen LogP contribution is 2.40. The Bertz CT molecular complexity index is 184. The zero-order chi connectivity index (χ0) is 10.2. The Hall–Kier alpha value is -0.0800. The average Bonchev–Trinajstić information content (AvgIpc) is 2.39. The van der Waals surface area contributed by atoms with Crippen LogP contribution >= 0.6 is 0 Å². The first-order valence-corrected chi connectivity index (χ1v) is 6.08. The van der Waals surface area contributed by atoms with E-state index in [0.717, 1.165) is 18.6 Å². The molecule has 0 amide bonds. The van der Waals surface area contributed by atoms with E-state index in [1.54, 1.807) is 0 Å². The van der Waals surface area contributed by atoms with Gasteiger partial charge < -0.3 is 5.32 Å². The summed E-state index contributed by atoms with van der Waals surface area (Å²) in [6.45, 7) is 5.89. The van der Waals surface area contributed by atoms with E-state index < -0.39 is 0 Å². The molecule has 2 fully saturated rings. The maximum Gasteiger partial charge on any atom is 0.0283 e. The van der Waals surface area contributed by atoms with E-state index in [4.69, 9.17) is 0 Å². The van der Waals surface area contributed by atoms with Gasteiger partial charge in [0.2, 0.25) is 0 Å². The molecule has 82 valence electrons. The Kier molecular flexibility index (Phi) is 2.85. The maximum absolute atomic E-state index is 3.33. The molecule has 2 rings (SSSR count). The third-order valence-corrected chi connectivity index (χ3v) is 4.00. The van der Waals surface area contributed by atoms with Crippen LogP contribution in [0.4, 0.5) is 0 Å². The van der Waals surface area contributed by atoms with Gasteiger partial charge in [-0.15, -0.1) is 0 Å². The topological polar surface area (TPSA) is 15.3 Å². The normalized spacial score (nSPS) is 33.6. The summed E-state index contributed by atoms with van der Waals surface area (Å²) in [5, 5.41) is 3.33. The SMILES string of the molecule is CNCC(C)(C)N1C2CCCC1CC2. The molecular weight excluding hydrogens is 172 g/mol. The van der Waals surface area contributed by atoms with Crippen molar-refractivity contribution >= 4 is 0 Å². The molecule has 0 spiro atoms. The van der Waals surface area contributed by atoms with Crippen LogP contribution in [-0.2, 0) is 0 Å². The summed E-state index contributed by atoms with van der Waals surface area (Å²) in [6, 6.07) is 1.77. The van der Waals surface area contributed by atoms with E-state index in [0.29, 0.717) is 5.54 Å². The molecule has 2 aliphatic heterocycles. The Morgan fingerprint density at radius 2 is 1.71 bits per heavy atom. The van der Waals surface area contributed by atoms with Crippen molar-refractivity contribution in [1.82, 2.24) is 10.2 Å². The molecule has 0 aromatic carbocycles.